The summed E-state index contributed by atoms with van der Waals surface area (Å²) in [7, 11) is 0. The lowest BCUT2D eigenvalue weighted by atomic mass is 10.1. The third-order valence-electron chi connectivity index (χ3n) is 2.74. The number of nitrogen functional groups attached to an aromatic ring is 1. The Morgan fingerprint density at radius 1 is 1.25 bits per heavy atom. The minimum absolute atomic E-state index is 0.205. The number of amides is 1. The molecule has 3 N–H and O–H groups in total. The molecule has 0 saturated carbocycles. The quantitative estimate of drug-likeness (QED) is 0.730. The van der Waals surface area contributed by atoms with Crippen LogP contribution in [-0.4, -0.2) is 25.5 Å². The van der Waals surface area contributed by atoms with Crippen molar-refractivity contribution in [1.29, 1.82) is 0 Å². The molecule has 3 aromatic heterocycles. The topological polar surface area (TPSA) is 98.2 Å². The molecule has 3 heterocycles. The Labute approximate surface area is 114 Å². The van der Waals surface area contributed by atoms with Gasteiger partial charge in [0, 0.05) is 30.4 Å². The summed E-state index contributed by atoms with van der Waals surface area (Å²) in [6, 6.07) is 7.36. The van der Waals surface area contributed by atoms with Crippen molar-refractivity contribution in [2.24, 2.45) is 0 Å². The Bertz CT molecular complexity index is 777. The van der Waals surface area contributed by atoms with Crippen LogP contribution in [0.5, 0.6) is 0 Å². The standard InChI is InChI=1S/C13H12N6O/c1-8(20)16-13-17-12-5-3-10(7-19(12)18-13)9-2-4-11(14)15-6-9/h2-7H,1H3,(H2,14,15)(H,16,18,20). The lowest BCUT2D eigenvalue weighted by molar-refractivity contribution is -0.114. The van der Waals surface area contributed by atoms with Gasteiger partial charge in [0.25, 0.3) is 0 Å². The smallest absolute Gasteiger partial charge is 0.249 e. The third-order valence-corrected chi connectivity index (χ3v) is 2.74. The van der Waals surface area contributed by atoms with Crippen LogP contribution in [0.25, 0.3) is 16.8 Å². The highest BCUT2D eigenvalue weighted by Gasteiger charge is 2.06. The maximum atomic E-state index is 11.0. The van der Waals surface area contributed by atoms with Crippen molar-refractivity contribution in [2.45, 2.75) is 6.92 Å². The van der Waals surface area contributed by atoms with Crippen LogP contribution >= 0.6 is 0 Å². The number of carbonyl (C=O) groups is 1. The third kappa shape index (κ3) is 2.28. The predicted molar refractivity (Wildman–Crippen MR) is 74.9 cm³/mol. The SMILES string of the molecule is CC(=O)Nc1nc2ccc(-c3ccc(N)nc3)cn2n1. The number of nitrogens with zero attached hydrogens (tertiary/aromatic N) is 4. The fraction of sp³-hybridized carbons (Fsp3) is 0.0769. The molecule has 7 heteroatoms. The average Bonchev–Trinajstić information content (AvgIpc) is 2.79. The molecule has 3 rings (SSSR count). The number of pyridine rings is 2. The number of carbonyl (C=O) groups excluding carboxylic acids is 1. The predicted octanol–water partition coefficient (Wildman–Crippen LogP) is 1.33. The first kappa shape index (κ1) is 12.1. The highest BCUT2D eigenvalue weighted by Crippen LogP contribution is 2.19. The van der Waals surface area contributed by atoms with Crippen molar-refractivity contribution >= 4 is 23.3 Å². The Kier molecular flexibility index (Phi) is 2.79. The van der Waals surface area contributed by atoms with Crippen LogP contribution in [0.3, 0.4) is 0 Å². The maximum absolute atomic E-state index is 11.0. The second kappa shape index (κ2) is 4.61. The van der Waals surface area contributed by atoms with Crippen LogP contribution < -0.4 is 11.1 Å². The molecule has 20 heavy (non-hydrogen) atoms. The number of hydrogen-bond donors (Lipinski definition) is 2. The summed E-state index contributed by atoms with van der Waals surface area (Å²) >= 11 is 0. The fourth-order valence-corrected chi connectivity index (χ4v) is 1.84. The number of hydrogen-bond acceptors (Lipinski definition) is 5. The summed E-state index contributed by atoms with van der Waals surface area (Å²) in [5.41, 5.74) is 8.08. The summed E-state index contributed by atoms with van der Waals surface area (Å²) in [5, 5.41) is 6.74. The van der Waals surface area contributed by atoms with Crippen LogP contribution in [0.15, 0.2) is 36.7 Å². The molecule has 0 bridgehead atoms. The van der Waals surface area contributed by atoms with E-state index in [-0.39, 0.29) is 11.9 Å². The summed E-state index contributed by atoms with van der Waals surface area (Å²) < 4.78 is 1.61. The van der Waals surface area contributed by atoms with Crippen LogP contribution in [0.1, 0.15) is 6.92 Å². The largest absolute Gasteiger partial charge is 0.384 e. The van der Waals surface area contributed by atoms with E-state index in [0.717, 1.165) is 11.1 Å². The zero-order chi connectivity index (χ0) is 14.1. The highest BCUT2D eigenvalue weighted by molar-refractivity contribution is 5.86. The summed E-state index contributed by atoms with van der Waals surface area (Å²) in [6.07, 6.45) is 3.52. The van der Waals surface area contributed by atoms with Crippen molar-refractivity contribution in [3.05, 3.63) is 36.7 Å². The van der Waals surface area contributed by atoms with E-state index < -0.39 is 0 Å². The lowest BCUT2D eigenvalue weighted by Crippen LogP contribution is -2.07. The molecule has 0 unspecified atom stereocenters. The molecule has 0 spiro atoms. The van der Waals surface area contributed by atoms with Gasteiger partial charge in [-0.15, -0.1) is 5.10 Å². The molecule has 0 aromatic carbocycles. The van der Waals surface area contributed by atoms with Crippen molar-refractivity contribution < 1.29 is 4.79 Å². The summed E-state index contributed by atoms with van der Waals surface area (Å²) in [5.74, 6) is 0.553. The Morgan fingerprint density at radius 2 is 2.05 bits per heavy atom. The van der Waals surface area contributed by atoms with Gasteiger partial charge in [0.2, 0.25) is 11.9 Å². The summed E-state index contributed by atoms with van der Waals surface area (Å²) in [4.78, 5) is 19.2. The van der Waals surface area contributed by atoms with Crippen LogP contribution in [0, 0.1) is 0 Å². The van der Waals surface area contributed by atoms with E-state index in [1.165, 1.54) is 6.92 Å². The van der Waals surface area contributed by atoms with Gasteiger partial charge in [-0.3, -0.25) is 10.1 Å². The molecule has 0 aliphatic carbocycles. The Hall–Kier alpha value is -2.96. The van der Waals surface area contributed by atoms with Gasteiger partial charge in [-0.1, -0.05) is 0 Å². The second-order valence-electron chi connectivity index (χ2n) is 4.31. The first-order valence-corrected chi connectivity index (χ1v) is 5.98. The molecule has 0 saturated heterocycles. The lowest BCUT2D eigenvalue weighted by Gasteiger charge is -2.01. The minimum atomic E-state index is -0.205. The second-order valence-corrected chi connectivity index (χ2v) is 4.31. The van der Waals surface area contributed by atoms with E-state index in [9.17, 15) is 4.79 Å². The zero-order valence-corrected chi connectivity index (χ0v) is 10.7. The van der Waals surface area contributed by atoms with Gasteiger partial charge in [0.15, 0.2) is 5.65 Å². The number of nitrogens with two attached hydrogens (primary N) is 1. The highest BCUT2D eigenvalue weighted by atomic mass is 16.1. The van der Waals surface area contributed by atoms with Crippen molar-refractivity contribution in [1.82, 2.24) is 19.6 Å². The maximum Gasteiger partial charge on any atom is 0.249 e. The number of rotatable bonds is 2. The van der Waals surface area contributed by atoms with E-state index in [2.05, 4.69) is 20.4 Å². The number of anilines is 2. The molecular weight excluding hydrogens is 256 g/mol. The fourth-order valence-electron chi connectivity index (χ4n) is 1.84. The molecule has 0 fully saturated rings. The van der Waals surface area contributed by atoms with Crippen molar-refractivity contribution in [3.63, 3.8) is 0 Å². The first-order valence-electron chi connectivity index (χ1n) is 5.98. The van der Waals surface area contributed by atoms with Crippen LogP contribution in [-0.2, 0) is 4.79 Å². The van der Waals surface area contributed by atoms with E-state index in [0.29, 0.717) is 11.5 Å². The van der Waals surface area contributed by atoms with E-state index in [1.54, 1.807) is 16.8 Å². The average molecular weight is 268 g/mol. The van der Waals surface area contributed by atoms with E-state index >= 15 is 0 Å². The zero-order valence-electron chi connectivity index (χ0n) is 10.7. The molecule has 1 amide bonds. The summed E-state index contributed by atoms with van der Waals surface area (Å²) in [6.45, 7) is 1.41. The Morgan fingerprint density at radius 3 is 2.75 bits per heavy atom. The van der Waals surface area contributed by atoms with Crippen molar-refractivity contribution in [2.75, 3.05) is 11.1 Å². The molecule has 0 radical (unpaired) electrons. The van der Waals surface area contributed by atoms with Gasteiger partial charge in [0.1, 0.15) is 5.82 Å². The molecule has 0 aliphatic heterocycles. The number of fused-ring (bicyclic) bond motifs is 1. The first-order chi connectivity index (χ1) is 9.61. The van der Waals surface area contributed by atoms with E-state index in [4.69, 9.17) is 5.73 Å². The molecule has 3 aromatic rings. The van der Waals surface area contributed by atoms with Crippen LogP contribution in [0.2, 0.25) is 0 Å². The van der Waals surface area contributed by atoms with Crippen molar-refractivity contribution in [3.8, 4) is 11.1 Å². The molecule has 7 nitrogen and oxygen atoms in total. The van der Waals surface area contributed by atoms with Gasteiger partial charge >= 0.3 is 0 Å². The monoisotopic (exact) mass is 268 g/mol. The van der Waals surface area contributed by atoms with Gasteiger partial charge in [0.05, 0.1) is 0 Å². The Balaban J connectivity index is 2.01. The molecule has 0 aliphatic rings. The van der Waals surface area contributed by atoms with Gasteiger partial charge in [-0.25, -0.2) is 9.50 Å². The molecule has 100 valence electrons. The van der Waals surface area contributed by atoms with Crippen LogP contribution in [0.4, 0.5) is 11.8 Å². The van der Waals surface area contributed by atoms with Gasteiger partial charge in [-0.05, 0) is 24.3 Å². The molecule has 0 atom stereocenters. The minimum Gasteiger partial charge on any atom is -0.384 e. The van der Waals surface area contributed by atoms with Gasteiger partial charge < -0.3 is 5.73 Å². The normalized spacial score (nSPS) is 10.7. The number of aromatic nitrogens is 4. The molecular formula is C13H12N6O. The van der Waals surface area contributed by atoms with E-state index in [1.807, 2.05) is 24.4 Å². The van der Waals surface area contributed by atoms with Gasteiger partial charge in [-0.2, -0.15) is 4.98 Å². The number of nitrogens with one attached hydrogen (secondary N) is 1.